The van der Waals surface area contributed by atoms with Crippen LogP contribution >= 0.6 is 11.6 Å². The van der Waals surface area contributed by atoms with Gasteiger partial charge >= 0.3 is 6.09 Å². The summed E-state index contributed by atoms with van der Waals surface area (Å²) in [6.07, 6.45) is 1.27. The van der Waals surface area contributed by atoms with Crippen LogP contribution in [0.2, 0.25) is 5.15 Å². The lowest BCUT2D eigenvalue weighted by molar-refractivity contribution is -0.126. The Balaban J connectivity index is 1.41. The maximum Gasteiger partial charge on any atom is 0.413 e. The van der Waals surface area contributed by atoms with Gasteiger partial charge < -0.3 is 10.1 Å². The van der Waals surface area contributed by atoms with Gasteiger partial charge in [0.05, 0.1) is 17.6 Å². The summed E-state index contributed by atoms with van der Waals surface area (Å²) in [7, 11) is 1.59. The molecule has 1 fully saturated rings. The number of pyridine rings is 2. The van der Waals surface area contributed by atoms with Crippen molar-refractivity contribution in [3.63, 3.8) is 0 Å². The number of nitrogens with zero attached hydrogens (tertiary/aromatic N) is 6. The van der Waals surface area contributed by atoms with Gasteiger partial charge in [-0.15, -0.1) is 5.10 Å². The molecule has 0 saturated heterocycles. The third-order valence-electron chi connectivity index (χ3n) is 5.54. The third-order valence-corrected chi connectivity index (χ3v) is 5.86. The van der Waals surface area contributed by atoms with Gasteiger partial charge in [-0.3, -0.25) is 15.1 Å². The van der Waals surface area contributed by atoms with E-state index in [2.05, 4.69) is 30.9 Å². The van der Waals surface area contributed by atoms with E-state index in [-0.39, 0.29) is 35.4 Å². The second-order valence-electron chi connectivity index (χ2n) is 8.07. The van der Waals surface area contributed by atoms with Crippen LogP contribution in [-0.2, 0) is 16.6 Å². The third kappa shape index (κ3) is 5.20. The fraction of sp³-hybridized carbons (Fsp3) is 0.318. The number of aryl methyl sites for hydroxylation is 1. The Kier molecular flexibility index (Phi) is 6.61. The lowest BCUT2D eigenvalue weighted by Crippen LogP contribution is -2.44. The predicted octanol–water partition coefficient (Wildman–Crippen LogP) is 3.82. The average molecular weight is 499 g/mol. The fourth-order valence-corrected chi connectivity index (χ4v) is 3.84. The molecule has 0 aliphatic heterocycles. The molecule has 0 spiro atoms. The van der Waals surface area contributed by atoms with Crippen LogP contribution in [0.4, 0.5) is 20.7 Å². The number of aromatic nitrogens is 5. The zero-order valence-electron chi connectivity index (χ0n) is 18.7. The number of ether oxygens (including phenoxy) is 1. The van der Waals surface area contributed by atoms with Gasteiger partial charge in [-0.25, -0.2) is 18.9 Å². The Labute approximate surface area is 204 Å². The smallest absolute Gasteiger partial charge is 0.413 e. The van der Waals surface area contributed by atoms with E-state index >= 15 is 0 Å². The second-order valence-corrected chi connectivity index (χ2v) is 8.43. The summed E-state index contributed by atoms with van der Waals surface area (Å²) >= 11 is 6.06. The van der Waals surface area contributed by atoms with Crippen molar-refractivity contribution in [1.29, 1.82) is 5.26 Å². The van der Waals surface area contributed by atoms with E-state index in [4.69, 9.17) is 21.6 Å². The molecular formula is C22H20ClFN8O3. The molecule has 4 rings (SSSR count). The lowest BCUT2D eigenvalue weighted by Gasteiger charge is -2.34. The van der Waals surface area contributed by atoms with Gasteiger partial charge in [0.2, 0.25) is 5.91 Å². The first-order valence-electron chi connectivity index (χ1n) is 10.5. The van der Waals surface area contributed by atoms with Crippen molar-refractivity contribution >= 4 is 35.1 Å². The molecule has 3 heterocycles. The second kappa shape index (κ2) is 9.63. The molecule has 2 N–H and O–H groups in total. The normalized spacial score (nSPS) is 19.7. The summed E-state index contributed by atoms with van der Waals surface area (Å²) in [6, 6.07) is 8.14. The monoisotopic (exact) mass is 498 g/mol. The molecule has 0 bridgehead atoms. The van der Waals surface area contributed by atoms with E-state index < -0.39 is 23.8 Å². The van der Waals surface area contributed by atoms with Crippen LogP contribution in [0.1, 0.15) is 31.4 Å². The van der Waals surface area contributed by atoms with Crippen LogP contribution in [0, 0.1) is 17.2 Å². The Morgan fingerprint density at radius 1 is 1.31 bits per heavy atom. The molecule has 0 unspecified atom stereocenters. The molecule has 1 saturated carbocycles. The van der Waals surface area contributed by atoms with E-state index in [0.29, 0.717) is 16.9 Å². The molecule has 3 aromatic rings. The summed E-state index contributed by atoms with van der Waals surface area (Å²) in [5.41, 5.74) is -0.316. The van der Waals surface area contributed by atoms with E-state index in [9.17, 15) is 14.0 Å². The number of halogens is 2. The number of hydrogen-bond donors (Lipinski definition) is 2. The van der Waals surface area contributed by atoms with Gasteiger partial charge in [-0.2, -0.15) is 5.26 Å². The summed E-state index contributed by atoms with van der Waals surface area (Å²) in [4.78, 5) is 33.0. The largest absolute Gasteiger partial charge is 0.441 e. The van der Waals surface area contributed by atoms with E-state index in [1.807, 2.05) is 0 Å². The van der Waals surface area contributed by atoms with Crippen LogP contribution in [0.5, 0.6) is 0 Å². The number of anilines is 2. The van der Waals surface area contributed by atoms with Crippen molar-refractivity contribution < 1.29 is 18.7 Å². The summed E-state index contributed by atoms with van der Waals surface area (Å²) in [5, 5.41) is 22.2. The molecule has 13 heteroatoms. The minimum Gasteiger partial charge on any atom is -0.441 e. The molecule has 2 amide bonds. The zero-order valence-corrected chi connectivity index (χ0v) is 19.5. The van der Waals surface area contributed by atoms with Crippen molar-refractivity contribution in [2.45, 2.75) is 31.5 Å². The SMILES string of the molecule is C[C@@H](OC(=O)Nc1c(-c2ccc(NC(=O)[C@H]3C[C@@](F)(C#N)C3)cn2)nnn1C)c1cccnc1Cl. The molecule has 1 aliphatic carbocycles. The number of carbonyl (C=O) groups excluding carboxylic acids is 2. The van der Waals surface area contributed by atoms with Gasteiger partial charge in [0.15, 0.2) is 17.2 Å². The van der Waals surface area contributed by atoms with E-state index in [1.165, 1.54) is 17.1 Å². The number of alkyl halides is 1. The number of nitriles is 1. The van der Waals surface area contributed by atoms with Gasteiger partial charge in [-0.05, 0) is 25.1 Å². The maximum absolute atomic E-state index is 13.7. The molecular weight excluding hydrogens is 479 g/mol. The molecule has 1 atom stereocenters. The van der Waals surface area contributed by atoms with Crippen LogP contribution in [0.15, 0.2) is 36.7 Å². The van der Waals surface area contributed by atoms with Gasteiger partial charge in [0.1, 0.15) is 17.3 Å². The number of amides is 2. The molecule has 0 aromatic carbocycles. The van der Waals surface area contributed by atoms with E-state index in [1.54, 1.807) is 44.3 Å². The van der Waals surface area contributed by atoms with Crippen molar-refractivity contribution in [2.75, 3.05) is 10.6 Å². The minimum atomic E-state index is -1.93. The van der Waals surface area contributed by atoms with Crippen LogP contribution < -0.4 is 10.6 Å². The standard InChI is InChI=1S/C22H20ClFN8O3/c1-12(15-4-3-7-26-18(15)23)35-21(34)29-19-17(30-31-32(19)2)16-6-5-14(10-27-16)28-20(33)13-8-22(24,9-13)11-25/h3-7,10,12-13H,8-9H2,1-2H3,(H,28,33)(H,29,34)/t12-,13-,22-/m1/s1. The lowest BCUT2D eigenvalue weighted by atomic mass is 9.72. The maximum atomic E-state index is 13.7. The average Bonchev–Trinajstić information content (AvgIpc) is 3.17. The first-order valence-corrected chi connectivity index (χ1v) is 10.9. The van der Waals surface area contributed by atoms with Crippen LogP contribution in [0.3, 0.4) is 0 Å². The molecule has 11 nitrogen and oxygen atoms in total. The quantitative estimate of drug-likeness (QED) is 0.487. The van der Waals surface area contributed by atoms with Gasteiger partial charge in [-0.1, -0.05) is 22.9 Å². The molecule has 180 valence electrons. The predicted molar refractivity (Wildman–Crippen MR) is 123 cm³/mol. The highest BCUT2D eigenvalue weighted by Gasteiger charge is 2.48. The highest BCUT2D eigenvalue weighted by molar-refractivity contribution is 6.30. The van der Waals surface area contributed by atoms with Crippen molar-refractivity contribution in [3.05, 3.63) is 47.4 Å². The minimum absolute atomic E-state index is 0.128. The first kappa shape index (κ1) is 24.0. The Bertz CT molecular complexity index is 1300. The molecule has 35 heavy (non-hydrogen) atoms. The van der Waals surface area contributed by atoms with Gasteiger partial charge in [0, 0.05) is 37.6 Å². The first-order chi connectivity index (χ1) is 16.7. The van der Waals surface area contributed by atoms with E-state index in [0.717, 1.165) is 0 Å². The molecule has 3 aromatic heterocycles. The number of hydrogen-bond acceptors (Lipinski definition) is 8. The van der Waals surface area contributed by atoms with Gasteiger partial charge in [0.25, 0.3) is 0 Å². The summed E-state index contributed by atoms with van der Waals surface area (Å²) < 4.78 is 20.5. The van der Waals surface area contributed by atoms with Crippen LogP contribution in [0.25, 0.3) is 11.4 Å². The topological polar surface area (TPSA) is 148 Å². The number of nitrogens with one attached hydrogen (secondary N) is 2. The molecule has 0 radical (unpaired) electrons. The van der Waals surface area contributed by atoms with Crippen molar-refractivity contribution in [3.8, 4) is 17.5 Å². The molecule has 1 aliphatic rings. The summed E-state index contributed by atoms with van der Waals surface area (Å²) in [6.45, 7) is 1.66. The Morgan fingerprint density at radius 2 is 2.09 bits per heavy atom. The van der Waals surface area contributed by atoms with Crippen molar-refractivity contribution in [2.24, 2.45) is 13.0 Å². The Morgan fingerprint density at radius 3 is 2.74 bits per heavy atom. The fourth-order valence-electron chi connectivity index (χ4n) is 3.57. The number of carbonyl (C=O) groups is 2. The summed E-state index contributed by atoms with van der Waals surface area (Å²) in [5.74, 6) is -0.699. The number of rotatable bonds is 6. The Hall–Kier alpha value is -4.11. The highest BCUT2D eigenvalue weighted by atomic mass is 35.5. The highest BCUT2D eigenvalue weighted by Crippen LogP contribution is 2.41. The zero-order chi connectivity index (χ0) is 25.2. The van der Waals surface area contributed by atoms with Crippen molar-refractivity contribution in [1.82, 2.24) is 25.0 Å². The van der Waals surface area contributed by atoms with Crippen LogP contribution in [-0.4, -0.2) is 42.6 Å².